The van der Waals surface area contributed by atoms with Gasteiger partial charge in [-0.05, 0) is 49.4 Å². The van der Waals surface area contributed by atoms with Crippen LogP contribution < -0.4 is 0 Å². The van der Waals surface area contributed by atoms with Crippen LogP contribution in [-0.2, 0) is 6.54 Å². The molecule has 23 heavy (non-hydrogen) atoms. The number of nitrogens with zero attached hydrogens (tertiary/aromatic N) is 3. The Balaban J connectivity index is 1.92. The van der Waals surface area contributed by atoms with Crippen LogP contribution in [0.2, 0.25) is 0 Å². The molecule has 0 radical (unpaired) electrons. The lowest BCUT2D eigenvalue weighted by Crippen LogP contribution is -2.23. The third-order valence-electron chi connectivity index (χ3n) is 4.59. The Labute approximate surface area is 134 Å². The standard InChI is InChI=1S/C18H19F2N3/c1-2-23-10-7-17(22-23)16-11-14(3-4-15(16)12-21)13-5-8-18(19,20)9-6-13/h3-4,7,10-11,13H,2,5-6,8-9H2,1H3. The highest BCUT2D eigenvalue weighted by atomic mass is 19.3. The first kappa shape index (κ1) is 15.7. The molecule has 0 atom stereocenters. The number of nitriles is 1. The SMILES string of the molecule is CCn1ccc(-c2cc(C3CCC(F)(F)CC3)ccc2C#N)n1. The third-order valence-corrected chi connectivity index (χ3v) is 4.59. The average Bonchev–Trinajstić information content (AvgIpc) is 3.03. The van der Waals surface area contributed by atoms with Crippen molar-refractivity contribution in [3.63, 3.8) is 0 Å². The van der Waals surface area contributed by atoms with Gasteiger partial charge in [-0.15, -0.1) is 0 Å². The predicted molar refractivity (Wildman–Crippen MR) is 84.2 cm³/mol. The quantitative estimate of drug-likeness (QED) is 0.821. The largest absolute Gasteiger partial charge is 0.272 e. The van der Waals surface area contributed by atoms with Crippen LogP contribution in [0.1, 0.15) is 49.7 Å². The smallest absolute Gasteiger partial charge is 0.248 e. The highest BCUT2D eigenvalue weighted by Crippen LogP contribution is 2.41. The monoisotopic (exact) mass is 315 g/mol. The number of benzene rings is 1. The summed E-state index contributed by atoms with van der Waals surface area (Å²) in [6.45, 7) is 2.76. The third kappa shape index (κ3) is 3.26. The summed E-state index contributed by atoms with van der Waals surface area (Å²) in [5, 5.41) is 13.8. The van der Waals surface area contributed by atoms with Gasteiger partial charge in [0.2, 0.25) is 5.92 Å². The van der Waals surface area contributed by atoms with E-state index < -0.39 is 5.92 Å². The summed E-state index contributed by atoms with van der Waals surface area (Å²) in [6.07, 6.45) is 2.74. The minimum absolute atomic E-state index is 0.0581. The molecule has 0 unspecified atom stereocenters. The van der Waals surface area contributed by atoms with Crippen molar-refractivity contribution in [2.24, 2.45) is 0 Å². The number of hydrogen-bond acceptors (Lipinski definition) is 2. The molecule has 3 nitrogen and oxygen atoms in total. The summed E-state index contributed by atoms with van der Waals surface area (Å²) in [6, 6.07) is 9.71. The van der Waals surface area contributed by atoms with Crippen LogP contribution in [0.4, 0.5) is 8.78 Å². The maximum atomic E-state index is 13.3. The molecule has 0 N–H and O–H groups in total. The van der Waals surface area contributed by atoms with Gasteiger partial charge in [-0.3, -0.25) is 4.68 Å². The molecule has 1 aliphatic rings. The van der Waals surface area contributed by atoms with Crippen LogP contribution in [0, 0.1) is 11.3 Å². The molecule has 1 aromatic carbocycles. The summed E-state index contributed by atoms with van der Waals surface area (Å²) in [5.74, 6) is -2.39. The molecular weight excluding hydrogens is 296 g/mol. The van der Waals surface area contributed by atoms with Crippen LogP contribution in [0.25, 0.3) is 11.3 Å². The van der Waals surface area contributed by atoms with E-state index >= 15 is 0 Å². The number of halogens is 2. The lowest BCUT2D eigenvalue weighted by Gasteiger charge is -2.28. The van der Waals surface area contributed by atoms with Crippen molar-refractivity contribution >= 4 is 0 Å². The summed E-state index contributed by atoms with van der Waals surface area (Å²) in [4.78, 5) is 0. The highest BCUT2D eigenvalue weighted by Gasteiger charge is 2.35. The molecule has 0 bridgehead atoms. The molecule has 1 fully saturated rings. The molecule has 0 saturated heterocycles. The minimum atomic E-state index is -2.52. The Bertz CT molecular complexity index is 733. The second-order valence-corrected chi connectivity index (χ2v) is 6.10. The Morgan fingerprint density at radius 1 is 1.30 bits per heavy atom. The fourth-order valence-electron chi connectivity index (χ4n) is 3.18. The molecule has 3 rings (SSSR count). The van der Waals surface area contributed by atoms with E-state index in [1.54, 1.807) is 6.07 Å². The topological polar surface area (TPSA) is 41.6 Å². The molecule has 0 spiro atoms. The molecule has 2 aromatic rings. The Morgan fingerprint density at radius 3 is 2.65 bits per heavy atom. The van der Waals surface area contributed by atoms with Crippen LogP contribution >= 0.6 is 0 Å². The number of hydrogen-bond donors (Lipinski definition) is 0. The van der Waals surface area contributed by atoms with Crippen molar-refractivity contribution in [2.75, 3.05) is 0 Å². The molecule has 0 aliphatic heterocycles. The number of aromatic nitrogens is 2. The first-order valence-corrected chi connectivity index (χ1v) is 7.98. The van der Waals surface area contributed by atoms with Crippen molar-refractivity contribution in [3.05, 3.63) is 41.6 Å². The van der Waals surface area contributed by atoms with Gasteiger partial charge in [0, 0.05) is 31.1 Å². The highest BCUT2D eigenvalue weighted by molar-refractivity contribution is 5.68. The first-order chi connectivity index (χ1) is 11.0. The number of rotatable bonds is 3. The Morgan fingerprint density at radius 2 is 2.04 bits per heavy atom. The second-order valence-electron chi connectivity index (χ2n) is 6.10. The van der Waals surface area contributed by atoms with Gasteiger partial charge in [0.15, 0.2) is 0 Å². The van der Waals surface area contributed by atoms with Gasteiger partial charge in [-0.1, -0.05) is 6.07 Å². The van der Waals surface area contributed by atoms with Crippen LogP contribution in [0.3, 0.4) is 0 Å². The maximum absolute atomic E-state index is 13.3. The zero-order valence-electron chi connectivity index (χ0n) is 13.1. The van der Waals surface area contributed by atoms with Crippen molar-refractivity contribution in [2.45, 2.75) is 51.0 Å². The molecular formula is C18H19F2N3. The van der Waals surface area contributed by atoms with Crippen molar-refractivity contribution in [1.29, 1.82) is 5.26 Å². The van der Waals surface area contributed by atoms with Gasteiger partial charge in [-0.2, -0.15) is 10.4 Å². The molecule has 120 valence electrons. The molecule has 0 amide bonds. The molecule has 1 heterocycles. The fourth-order valence-corrected chi connectivity index (χ4v) is 3.18. The van der Waals surface area contributed by atoms with Crippen molar-refractivity contribution in [1.82, 2.24) is 9.78 Å². The van der Waals surface area contributed by atoms with Gasteiger partial charge >= 0.3 is 0 Å². The van der Waals surface area contributed by atoms with Crippen molar-refractivity contribution in [3.8, 4) is 17.3 Å². The number of aryl methyl sites for hydroxylation is 1. The Kier molecular flexibility index (Phi) is 4.16. The van der Waals surface area contributed by atoms with E-state index in [4.69, 9.17) is 0 Å². The van der Waals surface area contributed by atoms with E-state index in [0.717, 1.165) is 23.4 Å². The van der Waals surface area contributed by atoms with Crippen LogP contribution in [0.15, 0.2) is 30.5 Å². The second kappa shape index (κ2) is 6.11. The van der Waals surface area contributed by atoms with E-state index in [1.807, 2.05) is 36.0 Å². The van der Waals surface area contributed by atoms with E-state index in [1.165, 1.54) is 0 Å². The van der Waals surface area contributed by atoms with Crippen LogP contribution in [0.5, 0.6) is 0 Å². The van der Waals surface area contributed by atoms with Crippen LogP contribution in [-0.4, -0.2) is 15.7 Å². The Hall–Kier alpha value is -2.22. The molecule has 1 saturated carbocycles. The van der Waals surface area contributed by atoms with Gasteiger partial charge < -0.3 is 0 Å². The van der Waals surface area contributed by atoms with Gasteiger partial charge in [0.05, 0.1) is 17.3 Å². The fraction of sp³-hybridized carbons (Fsp3) is 0.444. The minimum Gasteiger partial charge on any atom is -0.272 e. The van der Waals surface area contributed by atoms with Gasteiger partial charge in [0.25, 0.3) is 0 Å². The predicted octanol–water partition coefficient (Wildman–Crippen LogP) is 4.73. The molecule has 1 aromatic heterocycles. The molecule has 1 aliphatic carbocycles. The summed E-state index contributed by atoms with van der Waals surface area (Å²) >= 11 is 0. The van der Waals surface area contributed by atoms with E-state index in [9.17, 15) is 14.0 Å². The number of alkyl halides is 2. The molecule has 5 heteroatoms. The van der Waals surface area contributed by atoms with E-state index in [0.29, 0.717) is 18.4 Å². The van der Waals surface area contributed by atoms with Gasteiger partial charge in [-0.25, -0.2) is 8.78 Å². The van der Waals surface area contributed by atoms with E-state index in [-0.39, 0.29) is 18.8 Å². The summed E-state index contributed by atoms with van der Waals surface area (Å²) in [7, 11) is 0. The lowest BCUT2D eigenvalue weighted by atomic mass is 9.81. The lowest BCUT2D eigenvalue weighted by molar-refractivity contribution is -0.0382. The normalized spacial score (nSPS) is 17.8. The van der Waals surface area contributed by atoms with Gasteiger partial charge in [0.1, 0.15) is 0 Å². The average molecular weight is 315 g/mol. The maximum Gasteiger partial charge on any atom is 0.248 e. The van der Waals surface area contributed by atoms with Crippen molar-refractivity contribution < 1.29 is 8.78 Å². The zero-order chi connectivity index (χ0) is 16.4. The first-order valence-electron chi connectivity index (χ1n) is 7.98. The summed E-state index contributed by atoms with van der Waals surface area (Å²) < 4.78 is 28.5. The van der Waals surface area contributed by atoms with E-state index in [2.05, 4.69) is 11.2 Å². The zero-order valence-corrected chi connectivity index (χ0v) is 13.1. The summed E-state index contributed by atoms with van der Waals surface area (Å²) in [5.41, 5.74) is 3.14.